The summed E-state index contributed by atoms with van der Waals surface area (Å²) in [6.07, 6.45) is 3.63. The Morgan fingerprint density at radius 1 is 1.37 bits per heavy atom. The number of carbonyl (C=O) groups excluding carboxylic acids is 1. The Hall–Kier alpha value is -2.10. The van der Waals surface area contributed by atoms with Crippen molar-refractivity contribution in [2.24, 2.45) is 17.8 Å². The lowest BCUT2D eigenvalue weighted by Crippen LogP contribution is -2.54. The Labute approximate surface area is 184 Å². The zero-order chi connectivity index (χ0) is 21.9. The molecule has 1 fully saturated rings. The zero-order valence-electron chi connectivity index (χ0n) is 19.0. The van der Waals surface area contributed by atoms with Crippen LogP contribution in [0.3, 0.4) is 0 Å². The molecule has 30 heavy (non-hydrogen) atoms. The fraction of sp³-hybridized carbons (Fsp3) is 0.583. The van der Waals surface area contributed by atoms with Crippen LogP contribution in [-0.2, 0) is 0 Å². The van der Waals surface area contributed by atoms with Gasteiger partial charge in [0, 0.05) is 12.1 Å². The normalized spacial score (nSPS) is 24.0. The third kappa shape index (κ3) is 4.79. The van der Waals surface area contributed by atoms with E-state index in [9.17, 15) is 4.79 Å². The number of hydrogen-bond acceptors (Lipinski definition) is 4. The molecule has 5 nitrogen and oxygen atoms in total. The van der Waals surface area contributed by atoms with Crippen LogP contribution in [-0.4, -0.2) is 42.1 Å². The first-order valence-electron chi connectivity index (χ1n) is 10.9. The van der Waals surface area contributed by atoms with E-state index in [2.05, 4.69) is 73.3 Å². The predicted molar refractivity (Wildman–Crippen MR) is 127 cm³/mol. The summed E-state index contributed by atoms with van der Waals surface area (Å²) in [6, 6.07) is 5.88. The number of nitrogens with one attached hydrogen (secondary N) is 2. The molecule has 2 aromatic rings. The molecule has 2 amide bonds. The monoisotopic (exact) mass is 426 g/mol. The van der Waals surface area contributed by atoms with E-state index in [-0.39, 0.29) is 11.6 Å². The third-order valence-corrected chi connectivity index (χ3v) is 7.15. The van der Waals surface area contributed by atoms with Crippen molar-refractivity contribution in [2.75, 3.05) is 26.0 Å². The number of thiazole rings is 1. The molecule has 162 valence electrons. The van der Waals surface area contributed by atoms with E-state index in [1.165, 1.54) is 24.2 Å². The lowest BCUT2D eigenvalue weighted by Gasteiger charge is -2.49. The van der Waals surface area contributed by atoms with Gasteiger partial charge in [-0.2, -0.15) is 0 Å². The number of fused-ring (bicyclic) bond motifs is 1. The van der Waals surface area contributed by atoms with E-state index in [1.54, 1.807) is 0 Å². The first kappa shape index (κ1) is 22.6. The van der Waals surface area contributed by atoms with Crippen molar-refractivity contribution in [1.82, 2.24) is 15.2 Å². The Morgan fingerprint density at radius 2 is 2.13 bits per heavy atom. The van der Waals surface area contributed by atoms with Gasteiger partial charge in [-0.05, 0) is 69.8 Å². The van der Waals surface area contributed by atoms with Crippen molar-refractivity contribution >= 4 is 32.7 Å². The molecule has 0 bridgehead atoms. The summed E-state index contributed by atoms with van der Waals surface area (Å²) in [4.78, 5) is 18.6. The van der Waals surface area contributed by atoms with Crippen molar-refractivity contribution in [3.63, 3.8) is 0 Å². The van der Waals surface area contributed by atoms with E-state index < -0.39 is 0 Å². The number of aromatic nitrogens is 1. The van der Waals surface area contributed by atoms with E-state index in [4.69, 9.17) is 0 Å². The second-order valence-electron chi connectivity index (χ2n) is 8.99. The second-order valence-corrected chi connectivity index (χ2v) is 10.0. The van der Waals surface area contributed by atoms with Gasteiger partial charge in [0.15, 0.2) is 5.13 Å². The van der Waals surface area contributed by atoms with Gasteiger partial charge in [-0.25, -0.2) is 9.78 Å². The Morgan fingerprint density at radius 3 is 2.80 bits per heavy atom. The molecule has 1 saturated carbocycles. The molecule has 3 unspecified atom stereocenters. The summed E-state index contributed by atoms with van der Waals surface area (Å²) in [5.74, 6) is 9.05. The number of urea groups is 1. The first-order valence-corrected chi connectivity index (χ1v) is 11.7. The van der Waals surface area contributed by atoms with Gasteiger partial charge in [-0.3, -0.25) is 10.2 Å². The Balaban J connectivity index is 1.91. The fourth-order valence-electron chi connectivity index (χ4n) is 4.68. The van der Waals surface area contributed by atoms with Gasteiger partial charge in [0.05, 0.1) is 15.8 Å². The topological polar surface area (TPSA) is 57.3 Å². The SMILES string of the molecule is CCNC(=O)Nc1nc2ccc(C#CC3(N(C)C)CC(C)CCC3C(C)C)cc2s1. The summed E-state index contributed by atoms with van der Waals surface area (Å²) in [7, 11) is 4.35. The summed E-state index contributed by atoms with van der Waals surface area (Å²) in [5.41, 5.74) is 1.78. The molecule has 0 spiro atoms. The van der Waals surface area contributed by atoms with Crippen LogP contribution in [0.5, 0.6) is 0 Å². The first-order chi connectivity index (χ1) is 14.2. The van der Waals surface area contributed by atoms with Gasteiger partial charge in [-0.1, -0.05) is 50.4 Å². The number of benzene rings is 1. The summed E-state index contributed by atoms with van der Waals surface area (Å²) < 4.78 is 1.03. The number of nitrogens with zero attached hydrogens (tertiary/aromatic N) is 2. The van der Waals surface area contributed by atoms with Crippen molar-refractivity contribution < 1.29 is 4.79 Å². The fourth-order valence-corrected chi connectivity index (χ4v) is 5.58. The van der Waals surface area contributed by atoms with E-state index in [0.29, 0.717) is 29.4 Å². The van der Waals surface area contributed by atoms with Crippen LogP contribution in [0.4, 0.5) is 9.93 Å². The average Bonchev–Trinajstić information content (AvgIpc) is 3.07. The molecule has 1 aliphatic rings. The highest BCUT2D eigenvalue weighted by Gasteiger charge is 2.44. The van der Waals surface area contributed by atoms with Crippen LogP contribution >= 0.6 is 11.3 Å². The maximum absolute atomic E-state index is 11.8. The minimum absolute atomic E-state index is 0.0978. The van der Waals surface area contributed by atoms with Gasteiger partial charge < -0.3 is 5.32 Å². The smallest absolute Gasteiger partial charge is 0.321 e. The summed E-state index contributed by atoms with van der Waals surface area (Å²) in [5, 5.41) is 6.13. The van der Waals surface area contributed by atoms with E-state index in [0.717, 1.165) is 22.2 Å². The molecule has 6 heteroatoms. The minimum Gasteiger partial charge on any atom is -0.338 e. The molecule has 2 N–H and O–H groups in total. The lowest BCUT2D eigenvalue weighted by atomic mass is 9.64. The molecule has 0 radical (unpaired) electrons. The van der Waals surface area contributed by atoms with E-state index >= 15 is 0 Å². The van der Waals surface area contributed by atoms with Crippen LogP contribution in [0.1, 0.15) is 52.5 Å². The molecule has 0 aliphatic heterocycles. The highest BCUT2D eigenvalue weighted by molar-refractivity contribution is 7.22. The highest BCUT2D eigenvalue weighted by atomic mass is 32.1. The van der Waals surface area contributed by atoms with Gasteiger partial charge in [0.2, 0.25) is 0 Å². The predicted octanol–water partition coefficient (Wildman–Crippen LogP) is 5.18. The molecule has 1 aliphatic carbocycles. The molecule has 3 rings (SSSR count). The van der Waals surface area contributed by atoms with Crippen molar-refractivity contribution in [1.29, 1.82) is 0 Å². The Bertz CT molecular complexity index is 955. The molecular formula is C24H34N4OS. The number of amides is 2. The van der Waals surface area contributed by atoms with E-state index in [1.807, 2.05) is 19.1 Å². The van der Waals surface area contributed by atoms with Crippen molar-refractivity contribution in [2.45, 2.75) is 52.5 Å². The van der Waals surface area contributed by atoms with Gasteiger partial charge in [0.1, 0.15) is 0 Å². The average molecular weight is 427 g/mol. The van der Waals surface area contributed by atoms with Gasteiger partial charge in [0.25, 0.3) is 0 Å². The maximum Gasteiger partial charge on any atom is 0.321 e. The van der Waals surface area contributed by atoms with Crippen LogP contribution in [0, 0.1) is 29.6 Å². The number of hydrogen-bond donors (Lipinski definition) is 2. The summed E-state index contributed by atoms with van der Waals surface area (Å²) >= 11 is 1.48. The number of carbonyl (C=O) groups is 1. The third-order valence-electron chi connectivity index (χ3n) is 6.22. The van der Waals surface area contributed by atoms with Crippen LogP contribution in [0.2, 0.25) is 0 Å². The van der Waals surface area contributed by atoms with Crippen LogP contribution < -0.4 is 10.6 Å². The maximum atomic E-state index is 11.8. The van der Waals surface area contributed by atoms with Crippen molar-refractivity contribution in [3.8, 4) is 11.8 Å². The largest absolute Gasteiger partial charge is 0.338 e. The number of rotatable bonds is 4. The minimum atomic E-state index is -0.226. The van der Waals surface area contributed by atoms with Crippen molar-refractivity contribution in [3.05, 3.63) is 23.8 Å². The Kier molecular flexibility index (Phi) is 7.05. The molecule has 1 aromatic carbocycles. The second kappa shape index (κ2) is 9.36. The zero-order valence-corrected chi connectivity index (χ0v) is 19.8. The molecule has 0 saturated heterocycles. The molecule has 1 aromatic heterocycles. The lowest BCUT2D eigenvalue weighted by molar-refractivity contribution is 0.0407. The highest BCUT2D eigenvalue weighted by Crippen LogP contribution is 2.43. The quantitative estimate of drug-likeness (QED) is 0.662. The van der Waals surface area contributed by atoms with Crippen LogP contribution in [0.15, 0.2) is 18.2 Å². The van der Waals surface area contributed by atoms with Gasteiger partial charge in [-0.15, -0.1) is 0 Å². The molecule has 1 heterocycles. The van der Waals surface area contributed by atoms with Gasteiger partial charge >= 0.3 is 6.03 Å². The molecule has 3 atom stereocenters. The number of anilines is 1. The molecular weight excluding hydrogens is 392 g/mol. The summed E-state index contributed by atoms with van der Waals surface area (Å²) in [6.45, 7) is 9.48. The standard InChI is InChI=1S/C24H34N4OS/c1-7-25-22(29)27-23-26-20-11-9-18(14-21(20)30-23)12-13-24(28(5)6)15-17(4)8-10-19(24)16(2)3/h9,11,14,16-17,19H,7-8,10,15H2,1-6H3,(H2,25,26,27,29). The van der Waals surface area contributed by atoms with Crippen LogP contribution in [0.25, 0.3) is 10.2 Å².